The van der Waals surface area contributed by atoms with Crippen LogP contribution in [-0.2, 0) is 42.7 Å². The number of methoxy groups -OCH3 is 2. The molecule has 18 heteroatoms. The largest absolute Gasteiger partial charge is 0.504 e. The first kappa shape index (κ1) is 37.8. The number of nitriles is 1. The molecule has 0 aliphatic carbocycles. The molecule has 0 bridgehead atoms. The number of rotatable bonds is 11. The number of benzene rings is 1. The Labute approximate surface area is 286 Å². The van der Waals surface area contributed by atoms with Gasteiger partial charge in [0.2, 0.25) is 6.29 Å². The number of phenols is 1. The first-order chi connectivity index (χ1) is 23.9. The SMILES string of the molecule is C=C[C@H]1[C@H](O[C@@H]2O[C@H](CO)[C@@H](O)[C@H](O)[C@H]2O)OC=C(C(=O)OC)[C@H]1C[C@@H]1OC[C@H]2O[C@@H](OC(C#N)c3ccc(OC)c(O)c3)[C@H](O)[C@@H](O)[C@@H]2O1. The second kappa shape index (κ2) is 16.3. The standard InChI is InChI=1S/C32H41NO17/c1-4-14-15(16(29(41)43-3)11-45-30(14)50-32-26(39)24(37)23(36)20(10-34)47-32)8-22-44-12-21-28(49-22)25(38)27(40)31(48-21)46-19(9-33)13-5-6-18(42-2)17(35)7-13/h4-7,11,14-15,19-28,30-32,34-40H,1,8,10,12H2,2-3H3/t14-,15+,19?,20-,21-,22-,23-,24+,25-,26-,27-,28-,30+,31-,32+/m1/s1. The van der Waals surface area contributed by atoms with E-state index < -0.39 is 105 Å². The predicted molar refractivity (Wildman–Crippen MR) is 161 cm³/mol. The number of carbonyl (C=O) groups excluding carboxylic acids is 1. The van der Waals surface area contributed by atoms with Crippen LogP contribution < -0.4 is 4.74 Å². The molecule has 0 aromatic heterocycles. The quantitative estimate of drug-likeness (QED) is 0.0987. The Balaban J connectivity index is 1.27. The maximum atomic E-state index is 12.8. The molecular formula is C32H41NO17. The molecule has 3 saturated heterocycles. The second-order valence-electron chi connectivity index (χ2n) is 12.0. The summed E-state index contributed by atoms with van der Waals surface area (Å²) in [5, 5.41) is 82.2. The molecule has 3 fully saturated rings. The lowest BCUT2D eigenvalue weighted by Crippen LogP contribution is -2.63. The van der Waals surface area contributed by atoms with Gasteiger partial charge in [0.05, 0.1) is 45.3 Å². The van der Waals surface area contributed by atoms with Crippen molar-refractivity contribution < 1.29 is 83.2 Å². The van der Waals surface area contributed by atoms with Crippen LogP contribution in [0, 0.1) is 23.2 Å². The topological polar surface area (TPSA) is 266 Å². The monoisotopic (exact) mass is 711 g/mol. The van der Waals surface area contributed by atoms with Gasteiger partial charge in [-0.25, -0.2) is 4.79 Å². The lowest BCUT2D eigenvalue weighted by Gasteiger charge is -2.47. The van der Waals surface area contributed by atoms with Crippen LogP contribution in [0.15, 0.2) is 42.7 Å². The van der Waals surface area contributed by atoms with Crippen LogP contribution in [0.25, 0.3) is 0 Å². The predicted octanol–water partition coefficient (Wildman–Crippen LogP) is -1.79. The lowest BCUT2D eigenvalue weighted by molar-refractivity contribution is -0.365. The van der Waals surface area contributed by atoms with E-state index in [2.05, 4.69) is 6.58 Å². The van der Waals surface area contributed by atoms with Crippen LogP contribution in [0.2, 0.25) is 0 Å². The van der Waals surface area contributed by atoms with Gasteiger partial charge in [0.1, 0.15) is 48.8 Å². The van der Waals surface area contributed by atoms with E-state index >= 15 is 0 Å². The number of hydrogen-bond donors (Lipinski definition) is 7. The highest BCUT2D eigenvalue weighted by atomic mass is 16.8. The van der Waals surface area contributed by atoms with Crippen LogP contribution in [-0.4, -0.2) is 143 Å². The minimum Gasteiger partial charge on any atom is -0.504 e. The first-order valence-electron chi connectivity index (χ1n) is 15.7. The van der Waals surface area contributed by atoms with Crippen LogP contribution >= 0.6 is 0 Å². The molecule has 276 valence electrons. The molecule has 4 aliphatic rings. The van der Waals surface area contributed by atoms with Gasteiger partial charge in [0.15, 0.2) is 36.5 Å². The highest BCUT2D eigenvalue weighted by Gasteiger charge is 2.52. The zero-order chi connectivity index (χ0) is 36.3. The van der Waals surface area contributed by atoms with E-state index in [4.69, 9.17) is 42.6 Å². The molecule has 1 unspecified atom stereocenters. The van der Waals surface area contributed by atoms with Crippen molar-refractivity contribution in [1.82, 2.24) is 0 Å². The van der Waals surface area contributed by atoms with Gasteiger partial charge in [-0.05, 0) is 17.7 Å². The molecule has 1 aromatic rings. The summed E-state index contributed by atoms with van der Waals surface area (Å²) >= 11 is 0. The fraction of sp³-hybridized carbons (Fsp3) is 0.625. The van der Waals surface area contributed by atoms with Gasteiger partial charge in [-0.3, -0.25) is 0 Å². The smallest absolute Gasteiger partial charge is 0.337 e. The van der Waals surface area contributed by atoms with Gasteiger partial charge in [0, 0.05) is 18.3 Å². The summed E-state index contributed by atoms with van der Waals surface area (Å²) in [4.78, 5) is 12.8. The zero-order valence-electron chi connectivity index (χ0n) is 27.0. The molecule has 4 aliphatic heterocycles. The van der Waals surface area contributed by atoms with Crippen molar-refractivity contribution in [3.63, 3.8) is 0 Å². The van der Waals surface area contributed by atoms with Crippen molar-refractivity contribution in [3.8, 4) is 17.6 Å². The van der Waals surface area contributed by atoms with Crippen molar-refractivity contribution in [3.05, 3.63) is 48.3 Å². The molecule has 5 rings (SSSR count). The molecule has 7 N–H and O–H groups in total. The van der Waals surface area contributed by atoms with Crippen LogP contribution in [0.1, 0.15) is 18.1 Å². The number of phenolic OH excluding ortho intramolecular Hbond substituents is 1. The fourth-order valence-corrected chi connectivity index (χ4v) is 6.28. The third-order valence-electron chi connectivity index (χ3n) is 9.05. The summed E-state index contributed by atoms with van der Waals surface area (Å²) < 4.78 is 50.3. The number of fused-ring (bicyclic) bond motifs is 1. The van der Waals surface area contributed by atoms with E-state index in [9.17, 15) is 45.8 Å². The van der Waals surface area contributed by atoms with Crippen LogP contribution in [0.5, 0.6) is 11.5 Å². The summed E-state index contributed by atoms with van der Waals surface area (Å²) in [7, 11) is 2.53. The lowest BCUT2D eigenvalue weighted by atomic mass is 9.81. The molecule has 0 amide bonds. The van der Waals surface area contributed by atoms with E-state index in [1.54, 1.807) is 0 Å². The highest BCUT2D eigenvalue weighted by molar-refractivity contribution is 5.89. The van der Waals surface area contributed by atoms with Gasteiger partial charge in [0.25, 0.3) is 0 Å². The summed E-state index contributed by atoms with van der Waals surface area (Å²) in [6.07, 6.45) is -15.9. The highest BCUT2D eigenvalue weighted by Crippen LogP contribution is 2.40. The zero-order valence-corrected chi connectivity index (χ0v) is 27.0. The molecule has 0 radical (unpaired) electrons. The van der Waals surface area contributed by atoms with Gasteiger partial charge in [-0.15, -0.1) is 6.58 Å². The van der Waals surface area contributed by atoms with E-state index in [-0.39, 0.29) is 35.7 Å². The Morgan fingerprint density at radius 2 is 1.78 bits per heavy atom. The number of ether oxygens (including phenoxy) is 9. The van der Waals surface area contributed by atoms with Crippen molar-refractivity contribution in [2.24, 2.45) is 11.8 Å². The van der Waals surface area contributed by atoms with Crippen LogP contribution in [0.3, 0.4) is 0 Å². The second-order valence-corrected chi connectivity index (χ2v) is 12.0. The number of aliphatic hydroxyl groups is 6. The van der Waals surface area contributed by atoms with Gasteiger partial charge >= 0.3 is 5.97 Å². The molecular weight excluding hydrogens is 670 g/mol. The van der Waals surface area contributed by atoms with Crippen molar-refractivity contribution in [2.45, 2.75) is 86.5 Å². The van der Waals surface area contributed by atoms with E-state index in [1.165, 1.54) is 38.5 Å². The van der Waals surface area contributed by atoms with E-state index in [0.29, 0.717) is 0 Å². The molecule has 0 saturated carbocycles. The summed E-state index contributed by atoms with van der Waals surface area (Å²) in [5.74, 6) is -2.50. The first-order valence-corrected chi connectivity index (χ1v) is 15.7. The summed E-state index contributed by atoms with van der Waals surface area (Å²) in [5.41, 5.74) is 0.285. The minimum absolute atomic E-state index is 0.0430. The van der Waals surface area contributed by atoms with E-state index in [0.717, 1.165) is 6.26 Å². The van der Waals surface area contributed by atoms with Crippen molar-refractivity contribution >= 4 is 5.97 Å². The number of hydrogen-bond acceptors (Lipinski definition) is 18. The maximum Gasteiger partial charge on any atom is 0.337 e. The molecule has 1 aromatic carbocycles. The fourth-order valence-electron chi connectivity index (χ4n) is 6.28. The third-order valence-corrected chi connectivity index (χ3v) is 9.05. The Bertz CT molecular complexity index is 1420. The summed E-state index contributed by atoms with van der Waals surface area (Å²) in [6.45, 7) is 2.98. The average Bonchev–Trinajstić information content (AvgIpc) is 3.12. The maximum absolute atomic E-state index is 12.8. The Morgan fingerprint density at radius 3 is 2.42 bits per heavy atom. The van der Waals surface area contributed by atoms with Gasteiger partial charge in [-0.2, -0.15) is 5.26 Å². The number of carbonyl (C=O) groups is 1. The van der Waals surface area contributed by atoms with Crippen LogP contribution in [0.4, 0.5) is 0 Å². The number of aromatic hydroxyl groups is 1. The van der Waals surface area contributed by atoms with E-state index in [1.807, 2.05) is 6.07 Å². The Morgan fingerprint density at radius 1 is 1.04 bits per heavy atom. The Kier molecular flexibility index (Phi) is 12.3. The van der Waals surface area contributed by atoms with Gasteiger partial charge < -0.3 is 78.4 Å². The number of nitrogens with zero attached hydrogens (tertiary/aromatic N) is 1. The molecule has 4 heterocycles. The molecule has 15 atom stereocenters. The molecule has 18 nitrogen and oxygen atoms in total. The third kappa shape index (κ3) is 7.60. The van der Waals surface area contributed by atoms with Crippen molar-refractivity contribution in [1.29, 1.82) is 5.26 Å². The van der Waals surface area contributed by atoms with Crippen molar-refractivity contribution in [2.75, 3.05) is 27.4 Å². The summed E-state index contributed by atoms with van der Waals surface area (Å²) in [6, 6.07) is 6.11. The van der Waals surface area contributed by atoms with Gasteiger partial charge in [-0.1, -0.05) is 12.1 Å². The minimum atomic E-state index is -1.73. The number of esters is 1. The number of aliphatic hydroxyl groups excluding tert-OH is 6. The molecule has 0 spiro atoms. The normalized spacial score (nSPS) is 39.1. The average molecular weight is 712 g/mol. The molecule has 50 heavy (non-hydrogen) atoms. The Hall–Kier alpha value is -3.42.